The quantitative estimate of drug-likeness (QED) is 0.369. The van der Waals surface area contributed by atoms with Crippen LogP contribution in [0.2, 0.25) is 0 Å². The van der Waals surface area contributed by atoms with Gasteiger partial charge in [-0.15, -0.1) is 0 Å². The van der Waals surface area contributed by atoms with Gasteiger partial charge < -0.3 is 5.11 Å². The van der Waals surface area contributed by atoms with Crippen LogP contribution in [0, 0.1) is 0 Å². The summed E-state index contributed by atoms with van der Waals surface area (Å²) in [6.45, 7) is 3.29. The van der Waals surface area contributed by atoms with Crippen molar-refractivity contribution in [2.24, 2.45) is 9.98 Å². The van der Waals surface area contributed by atoms with E-state index in [-0.39, 0.29) is 18.5 Å². The summed E-state index contributed by atoms with van der Waals surface area (Å²) in [4.78, 5) is 36.5. The lowest BCUT2D eigenvalue weighted by atomic mass is 10.1. The molecule has 0 aliphatic rings. The Morgan fingerprint density at radius 1 is 1.43 bits per heavy atom. The molecule has 0 heterocycles. The zero-order chi connectivity index (χ0) is 11.0. The van der Waals surface area contributed by atoms with Crippen LogP contribution in [-0.4, -0.2) is 35.8 Å². The molecule has 0 aromatic carbocycles. The van der Waals surface area contributed by atoms with Crippen LogP contribution in [0.25, 0.3) is 0 Å². The van der Waals surface area contributed by atoms with Crippen LogP contribution in [0.15, 0.2) is 22.1 Å². The lowest BCUT2D eigenvalue weighted by molar-refractivity contribution is -0.132. The molecule has 1 atom stereocenters. The van der Waals surface area contributed by atoms with Crippen molar-refractivity contribution >= 4 is 18.1 Å². The molecule has 6 nitrogen and oxygen atoms in total. The van der Waals surface area contributed by atoms with E-state index in [0.29, 0.717) is 0 Å². The Hall–Kier alpha value is -2.03. The normalized spacial score (nSPS) is 10.6. The fourth-order valence-corrected chi connectivity index (χ4v) is 0.755. The second-order valence-electron chi connectivity index (χ2n) is 2.33. The molecule has 0 aromatic rings. The summed E-state index contributed by atoms with van der Waals surface area (Å²) in [7, 11) is 0. The van der Waals surface area contributed by atoms with Crippen LogP contribution in [0.3, 0.4) is 0 Å². The van der Waals surface area contributed by atoms with Gasteiger partial charge in [-0.05, 0) is 6.42 Å². The number of carboxylic acid groups (broad SMARTS) is 1. The Bertz CT molecular complexity index is 324. The molecule has 0 saturated heterocycles. The van der Waals surface area contributed by atoms with E-state index < -0.39 is 12.0 Å². The summed E-state index contributed by atoms with van der Waals surface area (Å²) in [6, 6.07) is -0.887. The molecule has 0 aliphatic heterocycles. The molecule has 0 amide bonds. The van der Waals surface area contributed by atoms with Crippen molar-refractivity contribution in [2.45, 2.75) is 12.5 Å². The van der Waals surface area contributed by atoms with Gasteiger partial charge in [-0.25, -0.2) is 19.4 Å². The Morgan fingerprint density at radius 2 is 2.07 bits per heavy atom. The highest BCUT2D eigenvalue weighted by Crippen LogP contribution is 2.08. The van der Waals surface area contributed by atoms with Crippen molar-refractivity contribution in [2.75, 3.05) is 6.54 Å². The predicted octanol–water partition coefficient (Wildman–Crippen LogP) is 0.0575. The molecule has 74 valence electrons. The molecule has 1 N–H and O–H groups in total. The number of hydrogen-bond acceptors (Lipinski definition) is 5. The third kappa shape index (κ3) is 4.11. The van der Waals surface area contributed by atoms with Crippen LogP contribution in [-0.2, 0) is 14.4 Å². The maximum Gasteiger partial charge on any atom is 0.333 e. The molecule has 0 rings (SSSR count). The summed E-state index contributed by atoms with van der Waals surface area (Å²) in [5.41, 5.74) is -0.227. The standard InChI is InChI=1S/C8H8N2O4/c1-6(8(13)14)7(10-5-12)2-3-9-4-11/h7H,1-3H2,(H,13,14). The SMILES string of the molecule is C=C(C(=O)O)C(CCN=C=O)N=C=O. The van der Waals surface area contributed by atoms with E-state index in [1.54, 1.807) is 0 Å². The Morgan fingerprint density at radius 3 is 2.50 bits per heavy atom. The number of isocyanates is 2. The first-order valence-electron chi connectivity index (χ1n) is 3.66. The van der Waals surface area contributed by atoms with Gasteiger partial charge in [0, 0.05) is 0 Å². The summed E-state index contributed by atoms with van der Waals surface area (Å²) >= 11 is 0. The lowest BCUT2D eigenvalue weighted by Gasteiger charge is -2.07. The number of aliphatic imine (C=N–C) groups is 2. The van der Waals surface area contributed by atoms with Gasteiger partial charge >= 0.3 is 5.97 Å². The van der Waals surface area contributed by atoms with Gasteiger partial charge in [0.25, 0.3) is 0 Å². The minimum Gasteiger partial charge on any atom is -0.478 e. The molecule has 1 unspecified atom stereocenters. The highest BCUT2D eigenvalue weighted by atomic mass is 16.4. The molecule has 0 aliphatic carbocycles. The first-order chi connectivity index (χ1) is 6.63. The molecule has 0 spiro atoms. The second-order valence-corrected chi connectivity index (χ2v) is 2.33. The van der Waals surface area contributed by atoms with Crippen LogP contribution in [0.4, 0.5) is 0 Å². The minimum atomic E-state index is -1.25. The lowest BCUT2D eigenvalue weighted by Crippen LogP contribution is -2.16. The van der Waals surface area contributed by atoms with Crippen molar-refractivity contribution < 1.29 is 19.5 Å². The molecule has 0 radical (unpaired) electrons. The Balaban J connectivity index is 4.43. The maximum absolute atomic E-state index is 10.5. The minimum absolute atomic E-state index is 0.0473. The first-order valence-corrected chi connectivity index (χ1v) is 3.66. The van der Waals surface area contributed by atoms with Gasteiger partial charge in [-0.3, -0.25) is 0 Å². The fraction of sp³-hybridized carbons (Fsp3) is 0.375. The highest BCUT2D eigenvalue weighted by Gasteiger charge is 2.16. The smallest absolute Gasteiger partial charge is 0.333 e. The number of hydrogen-bond donors (Lipinski definition) is 1. The van der Waals surface area contributed by atoms with Gasteiger partial charge in [0.1, 0.15) is 0 Å². The number of rotatable bonds is 6. The largest absolute Gasteiger partial charge is 0.478 e. The monoisotopic (exact) mass is 196 g/mol. The van der Waals surface area contributed by atoms with E-state index in [0.717, 1.165) is 0 Å². The van der Waals surface area contributed by atoms with Crippen molar-refractivity contribution in [3.05, 3.63) is 12.2 Å². The van der Waals surface area contributed by atoms with E-state index in [1.165, 1.54) is 12.2 Å². The average Bonchev–Trinajstić information content (AvgIpc) is 2.15. The number of carbonyl (C=O) groups is 1. The van der Waals surface area contributed by atoms with Crippen molar-refractivity contribution in [1.29, 1.82) is 0 Å². The summed E-state index contributed by atoms with van der Waals surface area (Å²) in [6.07, 6.45) is 2.65. The Kier molecular flexibility index (Phi) is 5.54. The van der Waals surface area contributed by atoms with E-state index in [1.807, 2.05) is 0 Å². The molecule has 0 aromatic heterocycles. The van der Waals surface area contributed by atoms with E-state index >= 15 is 0 Å². The average molecular weight is 196 g/mol. The molecule has 0 bridgehead atoms. The first kappa shape index (κ1) is 12.0. The van der Waals surface area contributed by atoms with Gasteiger partial charge in [0.15, 0.2) is 0 Å². The number of carbonyl (C=O) groups excluding carboxylic acids is 2. The van der Waals surface area contributed by atoms with E-state index in [2.05, 4.69) is 16.6 Å². The topological polar surface area (TPSA) is 96.2 Å². The zero-order valence-electron chi connectivity index (χ0n) is 7.27. The number of nitrogens with zero attached hydrogens (tertiary/aromatic N) is 2. The third-order valence-electron chi connectivity index (χ3n) is 1.46. The predicted molar refractivity (Wildman–Crippen MR) is 46.3 cm³/mol. The Labute approximate surface area is 79.7 Å². The summed E-state index contributed by atoms with van der Waals surface area (Å²) in [5, 5.41) is 8.54. The molecular formula is C8H8N2O4. The second kappa shape index (κ2) is 6.48. The molecule has 0 saturated carbocycles. The zero-order valence-corrected chi connectivity index (χ0v) is 7.27. The van der Waals surface area contributed by atoms with Crippen LogP contribution < -0.4 is 0 Å². The summed E-state index contributed by atoms with van der Waals surface area (Å²) in [5.74, 6) is -1.25. The number of aliphatic carboxylic acids is 1. The number of carboxylic acids is 1. The van der Waals surface area contributed by atoms with Crippen molar-refractivity contribution in [3.8, 4) is 0 Å². The van der Waals surface area contributed by atoms with Gasteiger partial charge in [-0.2, -0.15) is 4.99 Å². The van der Waals surface area contributed by atoms with Gasteiger partial charge in [-0.1, -0.05) is 6.58 Å². The van der Waals surface area contributed by atoms with Crippen LogP contribution >= 0.6 is 0 Å². The highest BCUT2D eigenvalue weighted by molar-refractivity contribution is 5.87. The van der Waals surface area contributed by atoms with Crippen molar-refractivity contribution in [1.82, 2.24) is 0 Å². The summed E-state index contributed by atoms with van der Waals surface area (Å²) < 4.78 is 0. The maximum atomic E-state index is 10.5. The molecule has 6 heteroatoms. The van der Waals surface area contributed by atoms with E-state index in [9.17, 15) is 14.4 Å². The van der Waals surface area contributed by atoms with Crippen LogP contribution in [0.5, 0.6) is 0 Å². The van der Waals surface area contributed by atoms with Gasteiger partial charge in [0.05, 0.1) is 18.2 Å². The molecule has 0 fully saturated rings. The fourth-order valence-electron chi connectivity index (χ4n) is 0.755. The molecular weight excluding hydrogens is 188 g/mol. The third-order valence-corrected chi connectivity index (χ3v) is 1.46. The van der Waals surface area contributed by atoms with Crippen molar-refractivity contribution in [3.63, 3.8) is 0 Å². The van der Waals surface area contributed by atoms with Crippen LogP contribution in [0.1, 0.15) is 6.42 Å². The van der Waals surface area contributed by atoms with E-state index in [4.69, 9.17) is 5.11 Å². The van der Waals surface area contributed by atoms with Gasteiger partial charge in [0.2, 0.25) is 12.2 Å². The molecule has 14 heavy (non-hydrogen) atoms.